The number of aliphatic hydroxyl groups is 1. The maximum Gasteiger partial charge on any atom is 0.433 e. The molecule has 0 bridgehead atoms. The zero-order valence-corrected chi connectivity index (χ0v) is 15.9. The summed E-state index contributed by atoms with van der Waals surface area (Å²) in [7, 11) is 0. The number of anilines is 2. The molecule has 1 fully saturated rings. The first-order valence-corrected chi connectivity index (χ1v) is 9.60. The van der Waals surface area contributed by atoms with Crippen molar-refractivity contribution in [2.75, 3.05) is 5.32 Å². The van der Waals surface area contributed by atoms with E-state index in [1.54, 1.807) is 24.4 Å². The normalized spacial score (nSPS) is 15.9. The van der Waals surface area contributed by atoms with E-state index in [0.29, 0.717) is 34.1 Å². The summed E-state index contributed by atoms with van der Waals surface area (Å²) >= 11 is 7.65. The number of nitrogens with zero attached hydrogens (tertiary/aromatic N) is 3. The molecule has 0 atom stereocenters. The molecule has 2 aromatic heterocycles. The Morgan fingerprint density at radius 2 is 1.96 bits per heavy atom. The molecule has 5 nitrogen and oxygen atoms in total. The van der Waals surface area contributed by atoms with Crippen LogP contribution in [0.5, 0.6) is 0 Å². The number of benzene rings is 1. The highest BCUT2D eigenvalue weighted by Crippen LogP contribution is 2.45. The molecule has 2 N–H and O–H groups in total. The van der Waals surface area contributed by atoms with Crippen molar-refractivity contribution < 1.29 is 18.3 Å². The molecule has 0 aliphatic heterocycles. The fourth-order valence-electron chi connectivity index (χ4n) is 2.84. The van der Waals surface area contributed by atoms with E-state index in [9.17, 15) is 18.3 Å². The molecule has 1 saturated carbocycles. The highest BCUT2D eigenvalue weighted by molar-refractivity contribution is 7.15. The van der Waals surface area contributed by atoms with Gasteiger partial charge in [-0.25, -0.2) is 15.0 Å². The smallest absolute Gasteiger partial charge is 0.383 e. The largest absolute Gasteiger partial charge is 0.433 e. The topological polar surface area (TPSA) is 70.9 Å². The summed E-state index contributed by atoms with van der Waals surface area (Å²) in [4.78, 5) is 12.4. The van der Waals surface area contributed by atoms with Gasteiger partial charge in [0.2, 0.25) is 5.95 Å². The SMILES string of the molecule is OC1(c2ncc(-c3cc(Nc4nccc(C(F)(F)F)n4)ccc3Cl)s2)CCC1. The Labute approximate surface area is 167 Å². The van der Waals surface area contributed by atoms with Crippen molar-refractivity contribution in [2.45, 2.75) is 31.0 Å². The summed E-state index contributed by atoms with van der Waals surface area (Å²) in [5.41, 5.74) is -0.752. The molecular weight excluding hydrogens is 413 g/mol. The Balaban J connectivity index is 1.61. The van der Waals surface area contributed by atoms with E-state index in [2.05, 4.69) is 20.3 Å². The number of thiazole rings is 1. The van der Waals surface area contributed by atoms with Crippen LogP contribution >= 0.6 is 22.9 Å². The molecule has 1 aliphatic rings. The van der Waals surface area contributed by atoms with E-state index in [-0.39, 0.29) is 5.95 Å². The van der Waals surface area contributed by atoms with Gasteiger partial charge in [0.1, 0.15) is 16.3 Å². The minimum Gasteiger partial charge on any atom is -0.383 e. The van der Waals surface area contributed by atoms with E-state index in [0.717, 1.165) is 23.6 Å². The zero-order chi connectivity index (χ0) is 19.9. The van der Waals surface area contributed by atoms with Crippen molar-refractivity contribution in [3.8, 4) is 10.4 Å². The highest BCUT2D eigenvalue weighted by Gasteiger charge is 2.39. The number of hydrogen-bond donors (Lipinski definition) is 2. The Hall–Kier alpha value is -2.23. The van der Waals surface area contributed by atoms with E-state index in [4.69, 9.17) is 11.6 Å². The highest BCUT2D eigenvalue weighted by atomic mass is 35.5. The second-order valence-corrected chi connectivity index (χ2v) is 7.94. The van der Waals surface area contributed by atoms with E-state index >= 15 is 0 Å². The zero-order valence-electron chi connectivity index (χ0n) is 14.3. The van der Waals surface area contributed by atoms with Crippen LogP contribution < -0.4 is 5.32 Å². The minimum absolute atomic E-state index is 0.170. The van der Waals surface area contributed by atoms with Crippen molar-refractivity contribution in [3.63, 3.8) is 0 Å². The van der Waals surface area contributed by atoms with Gasteiger partial charge in [0, 0.05) is 28.7 Å². The van der Waals surface area contributed by atoms with Crippen LogP contribution in [0.3, 0.4) is 0 Å². The van der Waals surface area contributed by atoms with Crippen molar-refractivity contribution in [1.82, 2.24) is 15.0 Å². The molecule has 146 valence electrons. The lowest BCUT2D eigenvalue weighted by molar-refractivity contribution is -0.141. The van der Waals surface area contributed by atoms with Gasteiger partial charge in [0.15, 0.2) is 0 Å². The van der Waals surface area contributed by atoms with Gasteiger partial charge < -0.3 is 10.4 Å². The Kier molecular flexibility index (Phi) is 4.76. The molecule has 28 heavy (non-hydrogen) atoms. The van der Waals surface area contributed by atoms with Crippen LogP contribution in [-0.2, 0) is 11.8 Å². The predicted molar refractivity (Wildman–Crippen MR) is 101 cm³/mol. The van der Waals surface area contributed by atoms with Crippen LogP contribution in [-0.4, -0.2) is 20.1 Å². The molecule has 1 aliphatic carbocycles. The maximum absolute atomic E-state index is 12.8. The van der Waals surface area contributed by atoms with Gasteiger partial charge in [-0.15, -0.1) is 11.3 Å². The fourth-order valence-corrected chi connectivity index (χ4v) is 4.20. The third-order valence-electron chi connectivity index (χ3n) is 4.52. The van der Waals surface area contributed by atoms with Crippen LogP contribution in [0.4, 0.5) is 24.8 Å². The molecule has 2 heterocycles. The van der Waals surface area contributed by atoms with E-state index in [1.807, 2.05) is 0 Å². The van der Waals surface area contributed by atoms with Crippen LogP contribution in [0.15, 0.2) is 36.7 Å². The quantitative estimate of drug-likeness (QED) is 0.585. The standard InChI is InChI=1S/C18H14ClF3N4OS/c19-12-3-2-10(25-16-23-7-4-14(26-16)18(20,21)22)8-11(12)13-9-24-15(28-13)17(27)5-1-6-17/h2-4,7-9,27H,1,5-6H2,(H,23,25,26). The monoisotopic (exact) mass is 426 g/mol. The van der Waals surface area contributed by atoms with Gasteiger partial charge in [-0.05, 0) is 43.5 Å². The van der Waals surface area contributed by atoms with Gasteiger partial charge in [-0.3, -0.25) is 0 Å². The molecule has 0 unspecified atom stereocenters. The van der Waals surface area contributed by atoms with Crippen LogP contribution in [0.25, 0.3) is 10.4 Å². The van der Waals surface area contributed by atoms with Gasteiger partial charge in [0.25, 0.3) is 0 Å². The average Bonchev–Trinajstić information content (AvgIpc) is 3.11. The number of rotatable bonds is 4. The molecule has 4 rings (SSSR count). The lowest BCUT2D eigenvalue weighted by Gasteiger charge is -2.34. The lowest BCUT2D eigenvalue weighted by atomic mass is 9.81. The summed E-state index contributed by atoms with van der Waals surface area (Å²) < 4.78 is 38.4. The Morgan fingerprint density at radius 1 is 1.18 bits per heavy atom. The molecular formula is C18H14ClF3N4OS. The Morgan fingerprint density at radius 3 is 2.64 bits per heavy atom. The number of halogens is 4. The Bertz CT molecular complexity index is 1020. The predicted octanol–water partition coefficient (Wildman–Crippen LogP) is 5.39. The van der Waals surface area contributed by atoms with E-state index < -0.39 is 17.5 Å². The summed E-state index contributed by atoms with van der Waals surface area (Å²) in [5, 5.41) is 14.3. The maximum atomic E-state index is 12.8. The van der Waals surface area contributed by atoms with Gasteiger partial charge in [-0.1, -0.05) is 11.6 Å². The third-order valence-corrected chi connectivity index (χ3v) is 6.07. The number of alkyl halides is 3. The van der Waals surface area contributed by atoms with Crippen LogP contribution in [0, 0.1) is 0 Å². The lowest BCUT2D eigenvalue weighted by Crippen LogP contribution is -2.33. The van der Waals surface area contributed by atoms with Crippen molar-refractivity contribution >= 4 is 34.6 Å². The van der Waals surface area contributed by atoms with Gasteiger partial charge >= 0.3 is 6.18 Å². The summed E-state index contributed by atoms with van der Waals surface area (Å²) in [5.74, 6) is -0.170. The molecule has 0 amide bonds. The molecule has 0 radical (unpaired) electrons. The minimum atomic E-state index is -4.55. The summed E-state index contributed by atoms with van der Waals surface area (Å²) in [6.45, 7) is 0. The van der Waals surface area contributed by atoms with Gasteiger partial charge in [-0.2, -0.15) is 13.2 Å². The average molecular weight is 427 g/mol. The first-order chi connectivity index (χ1) is 13.2. The van der Waals surface area contributed by atoms with Crippen LogP contribution in [0.1, 0.15) is 30.0 Å². The second-order valence-electron chi connectivity index (χ2n) is 6.50. The molecule has 0 saturated heterocycles. The second kappa shape index (κ2) is 6.98. The van der Waals surface area contributed by atoms with Crippen molar-refractivity contribution in [2.24, 2.45) is 0 Å². The van der Waals surface area contributed by atoms with Crippen LogP contribution in [0.2, 0.25) is 5.02 Å². The first-order valence-electron chi connectivity index (χ1n) is 8.40. The van der Waals surface area contributed by atoms with Crippen molar-refractivity contribution in [3.05, 3.63) is 52.4 Å². The first kappa shape index (κ1) is 19.1. The third kappa shape index (κ3) is 3.69. The number of nitrogens with one attached hydrogen (secondary N) is 1. The fraction of sp³-hybridized carbons (Fsp3) is 0.278. The summed E-state index contributed by atoms with van der Waals surface area (Å²) in [6, 6.07) is 5.75. The molecule has 3 aromatic rings. The number of aromatic nitrogens is 3. The number of hydrogen-bond acceptors (Lipinski definition) is 6. The molecule has 0 spiro atoms. The van der Waals surface area contributed by atoms with Crippen molar-refractivity contribution in [1.29, 1.82) is 0 Å². The molecule has 10 heteroatoms. The van der Waals surface area contributed by atoms with Gasteiger partial charge in [0.05, 0.1) is 4.88 Å². The van der Waals surface area contributed by atoms with E-state index in [1.165, 1.54) is 11.3 Å². The summed E-state index contributed by atoms with van der Waals surface area (Å²) in [6.07, 6.45) is 0.462. The molecule has 1 aromatic carbocycles.